The lowest BCUT2D eigenvalue weighted by Crippen LogP contribution is -2.45. The lowest BCUT2D eigenvalue weighted by molar-refractivity contribution is -0.123. The van der Waals surface area contributed by atoms with E-state index >= 15 is 0 Å². The monoisotopic (exact) mass is 1030 g/mol. The number of nitrogens with one attached hydrogen (secondary N) is 1. The van der Waals surface area contributed by atoms with E-state index in [2.05, 4.69) is 116 Å². The van der Waals surface area contributed by atoms with Gasteiger partial charge in [-0.2, -0.15) is 0 Å². The summed E-state index contributed by atoms with van der Waals surface area (Å²) in [5.41, 5.74) is 0. The fourth-order valence-corrected chi connectivity index (χ4v) is 9.43. The van der Waals surface area contributed by atoms with Gasteiger partial charge in [0.15, 0.2) is 0 Å². The van der Waals surface area contributed by atoms with Gasteiger partial charge in [-0.05, 0) is 83.5 Å². The topological polar surface area (TPSA) is 69.6 Å². The normalized spacial score (nSPS) is 13.5. The van der Waals surface area contributed by atoms with E-state index in [0.29, 0.717) is 6.42 Å². The number of hydrogen-bond donors (Lipinski definition) is 3. The van der Waals surface area contributed by atoms with Crippen molar-refractivity contribution in [1.82, 2.24) is 5.32 Å². The van der Waals surface area contributed by atoms with Crippen LogP contribution in [0.25, 0.3) is 0 Å². The molecule has 0 aromatic heterocycles. The summed E-state index contributed by atoms with van der Waals surface area (Å²) in [6.07, 6.45) is 97.1. The molecule has 0 aliphatic rings. The van der Waals surface area contributed by atoms with Crippen molar-refractivity contribution in [1.29, 1.82) is 0 Å². The molecular weight excluding hydrogens is 903 g/mol. The first-order chi connectivity index (χ1) is 36.7. The van der Waals surface area contributed by atoms with Crippen molar-refractivity contribution < 1.29 is 15.0 Å². The predicted molar refractivity (Wildman–Crippen MR) is 331 cm³/mol. The first kappa shape index (κ1) is 71.0. The maximum absolute atomic E-state index is 12.5. The van der Waals surface area contributed by atoms with Crippen molar-refractivity contribution >= 4 is 5.91 Å². The van der Waals surface area contributed by atoms with E-state index in [0.717, 1.165) is 77.0 Å². The highest BCUT2D eigenvalue weighted by molar-refractivity contribution is 5.76. The number of allylic oxidation sites excluding steroid dienone is 17. The molecule has 0 spiro atoms. The molecule has 0 aliphatic heterocycles. The molecule has 0 bridgehead atoms. The van der Waals surface area contributed by atoms with Crippen LogP contribution in [-0.2, 0) is 4.79 Å². The zero-order chi connectivity index (χ0) is 53.4. The van der Waals surface area contributed by atoms with E-state index in [1.807, 2.05) is 6.08 Å². The molecule has 2 unspecified atom stereocenters. The van der Waals surface area contributed by atoms with Crippen molar-refractivity contribution in [2.45, 2.75) is 321 Å². The summed E-state index contributed by atoms with van der Waals surface area (Å²) in [5, 5.41) is 23.2. The Balaban J connectivity index is 3.51. The first-order valence-corrected chi connectivity index (χ1v) is 32.1. The molecule has 0 aliphatic carbocycles. The highest BCUT2D eigenvalue weighted by Gasteiger charge is 2.18. The molecule has 1 amide bonds. The molecule has 0 saturated carbocycles. The first-order valence-electron chi connectivity index (χ1n) is 32.1. The Morgan fingerprint density at radius 3 is 0.892 bits per heavy atom. The fraction of sp³-hybridized carbons (Fsp3) is 0.729. The van der Waals surface area contributed by atoms with Gasteiger partial charge in [0.1, 0.15) is 0 Å². The van der Waals surface area contributed by atoms with Gasteiger partial charge in [0, 0.05) is 6.42 Å². The van der Waals surface area contributed by atoms with Gasteiger partial charge in [-0.1, -0.05) is 329 Å². The molecular formula is C70H123NO3. The van der Waals surface area contributed by atoms with Crippen molar-refractivity contribution in [2.24, 2.45) is 0 Å². The molecule has 3 N–H and O–H groups in total. The Morgan fingerprint density at radius 2 is 0.595 bits per heavy atom. The molecule has 74 heavy (non-hydrogen) atoms. The smallest absolute Gasteiger partial charge is 0.220 e. The molecule has 4 nitrogen and oxygen atoms in total. The maximum atomic E-state index is 12.5. The Morgan fingerprint density at radius 1 is 0.338 bits per heavy atom. The Labute approximate surface area is 461 Å². The predicted octanol–water partition coefficient (Wildman–Crippen LogP) is 21.8. The minimum absolute atomic E-state index is 0.0634. The van der Waals surface area contributed by atoms with Crippen LogP contribution < -0.4 is 5.32 Å². The van der Waals surface area contributed by atoms with Crippen LogP contribution in [0.1, 0.15) is 309 Å². The minimum atomic E-state index is -0.844. The van der Waals surface area contributed by atoms with Crippen molar-refractivity contribution in [2.75, 3.05) is 6.61 Å². The van der Waals surface area contributed by atoms with Crippen LogP contribution >= 0.6 is 0 Å². The number of carbonyl (C=O) groups is 1. The molecule has 2 atom stereocenters. The van der Waals surface area contributed by atoms with E-state index < -0.39 is 12.1 Å². The second-order valence-corrected chi connectivity index (χ2v) is 21.5. The van der Waals surface area contributed by atoms with E-state index in [9.17, 15) is 15.0 Å². The molecule has 0 heterocycles. The van der Waals surface area contributed by atoms with Crippen molar-refractivity contribution in [3.05, 3.63) is 109 Å². The average Bonchev–Trinajstić information content (AvgIpc) is 3.40. The summed E-state index contributed by atoms with van der Waals surface area (Å²) in [4.78, 5) is 12.5. The molecule has 0 aromatic carbocycles. The highest BCUT2D eigenvalue weighted by atomic mass is 16.3. The SMILES string of the molecule is CC/C=C\C/C=C\C/C=C\C/C=C\C/C=C\C/C=C\C/C=C\C/C=C\CCCCCCCCCCCCCCCCCCC(=O)NC(CO)C(O)/C=C/CCCCCCCCCCCCCCCCCCCCC. The van der Waals surface area contributed by atoms with Gasteiger partial charge in [0.05, 0.1) is 18.8 Å². The van der Waals surface area contributed by atoms with Gasteiger partial charge in [0.25, 0.3) is 0 Å². The second-order valence-electron chi connectivity index (χ2n) is 21.5. The summed E-state index contributed by atoms with van der Waals surface area (Å²) in [7, 11) is 0. The standard InChI is InChI=1S/C70H123NO3/c1-3-5-7-9-11-13-15-17-19-21-23-25-26-27-28-29-30-31-32-33-34-35-36-37-38-39-40-41-42-43-44-46-48-50-52-54-56-58-60-62-64-66-70(74)71-68(67-72)69(73)65-63-61-59-57-55-53-51-49-47-45-24-22-20-18-16-14-12-10-8-6-4-2/h5,7,11,13,17,19,23,25,27-28,30-31,33-34,36-37,63,65,68-69,72-73H,3-4,6,8-10,12,14-16,18,20-22,24,26,29,32,35,38-62,64,66-67H2,1-2H3,(H,71,74)/b7-5-,13-11-,19-17-,25-23-,28-27-,31-30-,34-33-,37-36-,65-63+. The summed E-state index contributed by atoms with van der Waals surface area (Å²) in [6.45, 7) is 4.21. The Bertz CT molecular complexity index is 1400. The number of aliphatic hydroxyl groups excluding tert-OH is 2. The van der Waals surface area contributed by atoms with Crippen molar-refractivity contribution in [3.8, 4) is 0 Å². The lowest BCUT2D eigenvalue weighted by atomic mass is 10.0. The number of amides is 1. The third kappa shape index (κ3) is 59.9. The van der Waals surface area contributed by atoms with Gasteiger partial charge in [0.2, 0.25) is 5.91 Å². The number of hydrogen-bond acceptors (Lipinski definition) is 3. The molecule has 0 rings (SSSR count). The van der Waals surface area contributed by atoms with Gasteiger partial charge < -0.3 is 15.5 Å². The molecule has 0 radical (unpaired) electrons. The lowest BCUT2D eigenvalue weighted by Gasteiger charge is -2.20. The molecule has 426 valence electrons. The minimum Gasteiger partial charge on any atom is -0.394 e. The van der Waals surface area contributed by atoms with Gasteiger partial charge in [-0.25, -0.2) is 0 Å². The summed E-state index contributed by atoms with van der Waals surface area (Å²) < 4.78 is 0. The third-order valence-electron chi connectivity index (χ3n) is 14.3. The zero-order valence-corrected chi connectivity index (χ0v) is 49.1. The summed E-state index contributed by atoms with van der Waals surface area (Å²) in [6, 6.07) is -0.628. The number of aliphatic hydroxyl groups is 2. The molecule has 4 heteroatoms. The fourth-order valence-electron chi connectivity index (χ4n) is 9.43. The largest absolute Gasteiger partial charge is 0.394 e. The van der Waals surface area contributed by atoms with Crippen LogP contribution in [0, 0.1) is 0 Å². The van der Waals surface area contributed by atoms with E-state index in [-0.39, 0.29) is 12.5 Å². The molecule has 0 saturated heterocycles. The third-order valence-corrected chi connectivity index (χ3v) is 14.3. The van der Waals surface area contributed by atoms with Crippen LogP contribution in [0.2, 0.25) is 0 Å². The van der Waals surface area contributed by atoms with Gasteiger partial charge >= 0.3 is 0 Å². The van der Waals surface area contributed by atoms with E-state index in [4.69, 9.17) is 0 Å². The quantitative estimate of drug-likeness (QED) is 0.0420. The molecule has 0 fully saturated rings. The van der Waals surface area contributed by atoms with E-state index in [1.165, 1.54) is 212 Å². The average molecular weight is 1030 g/mol. The van der Waals surface area contributed by atoms with Crippen LogP contribution in [0.5, 0.6) is 0 Å². The number of unbranched alkanes of at least 4 members (excludes halogenated alkanes) is 35. The Kier molecular flexibility index (Phi) is 61.8. The van der Waals surface area contributed by atoms with Crippen LogP contribution in [-0.4, -0.2) is 34.9 Å². The van der Waals surface area contributed by atoms with Gasteiger partial charge in [-0.15, -0.1) is 0 Å². The summed E-state index contributed by atoms with van der Waals surface area (Å²) >= 11 is 0. The van der Waals surface area contributed by atoms with Crippen molar-refractivity contribution in [3.63, 3.8) is 0 Å². The van der Waals surface area contributed by atoms with E-state index in [1.54, 1.807) is 6.08 Å². The zero-order valence-electron chi connectivity index (χ0n) is 49.1. The highest BCUT2D eigenvalue weighted by Crippen LogP contribution is 2.17. The van der Waals surface area contributed by atoms with Crippen LogP contribution in [0.3, 0.4) is 0 Å². The summed E-state index contributed by atoms with van der Waals surface area (Å²) in [5.74, 6) is -0.0634. The van der Waals surface area contributed by atoms with Crippen LogP contribution in [0.4, 0.5) is 0 Å². The number of carbonyl (C=O) groups excluding carboxylic acids is 1. The van der Waals surface area contributed by atoms with Crippen LogP contribution in [0.15, 0.2) is 109 Å². The number of rotatable bonds is 58. The second kappa shape index (κ2) is 64.3. The Hall–Kier alpha value is -2.95. The van der Waals surface area contributed by atoms with Gasteiger partial charge in [-0.3, -0.25) is 4.79 Å². The molecule has 0 aromatic rings. The maximum Gasteiger partial charge on any atom is 0.220 e.